The number of hydrogen-bond acceptors (Lipinski definition) is 4. The molecule has 124 valence electrons. The molecular weight excluding hydrogens is 350 g/mol. The SMILES string of the molecule is C=C(C)C(=O)OCCCCCCCCCCOP(=S)(Cl)Cl. The van der Waals surface area contributed by atoms with Gasteiger partial charge < -0.3 is 9.26 Å². The van der Waals surface area contributed by atoms with E-state index in [-0.39, 0.29) is 5.97 Å². The highest BCUT2D eigenvalue weighted by atomic mass is 35.9. The maximum Gasteiger partial charge on any atom is 0.333 e. The Morgan fingerprint density at radius 1 is 1.00 bits per heavy atom. The molecule has 0 saturated heterocycles. The third-order valence-corrected chi connectivity index (χ3v) is 4.25. The fourth-order valence-electron chi connectivity index (χ4n) is 1.72. The van der Waals surface area contributed by atoms with Crippen LogP contribution in [0.4, 0.5) is 0 Å². The van der Waals surface area contributed by atoms with Crippen molar-refractivity contribution in [1.29, 1.82) is 0 Å². The van der Waals surface area contributed by atoms with E-state index in [4.69, 9.17) is 43.5 Å². The highest BCUT2D eigenvalue weighted by molar-refractivity contribution is 8.36. The molecule has 0 N–H and O–H groups in total. The minimum Gasteiger partial charge on any atom is -0.462 e. The molecule has 0 aromatic heterocycles. The number of hydrogen-bond donors (Lipinski definition) is 0. The fourth-order valence-corrected chi connectivity index (χ4v) is 2.70. The maximum atomic E-state index is 11.1. The van der Waals surface area contributed by atoms with Gasteiger partial charge in [0.05, 0.1) is 13.2 Å². The summed E-state index contributed by atoms with van der Waals surface area (Å²) >= 11 is 16.0. The Morgan fingerprint density at radius 3 is 1.86 bits per heavy atom. The van der Waals surface area contributed by atoms with Crippen LogP contribution in [-0.4, -0.2) is 19.2 Å². The highest BCUT2D eigenvalue weighted by Gasteiger charge is 2.07. The van der Waals surface area contributed by atoms with Crippen LogP contribution in [0.15, 0.2) is 12.2 Å². The first-order valence-electron chi connectivity index (χ1n) is 7.29. The van der Waals surface area contributed by atoms with Gasteiger partial charge in [0, 0.05) is 5.57 Å². The monoisotopic (exact) mass is 374 g/mol. The summed E-state index contributed by atoms with van der Waals surface area (Å²) in [7, 11) is 0. The maximum absolute atomic E-state index is 11.1. The number of halogens is 2. The normalized spacial score (nSPS) is 11.4. The second kappa shape index (κ2) is 12.9. The van der Waals surface area contributed by atoms with Crippen molar-refractivity contribution in [3.8, 4) is 0 Å². The van der Waals surface area contributed by atoms with Gasteiger partial charge in [-0.15, -0.1) is 0 Å². The third-order valence-electron chi connectivity index (χ3n) is 2.86. The van der Waals surface area contributed by atoms with Gasteiger partial charge in [0.15, 0.2) is 0 Å². The van der Waals surface area contributed by atoms with E-state index in [1.165, 1.54) is 25.7 Å². The van der Waals surface area contributed by atoms with E-state index >= 15 is 0 Å². The van der Waals surface area contributed by atoms with Crippen LogP contribution in [0, 0.1) is 0 Å². The molecule has 0 spiro atoms. The molecule has 0 rings (SSSR count). The minimum absolute atomic E-state index is 0.295. The van der Waals surface area contributed by atoms with Crippen LogP contribution in [0.5, 0.6) is 0 Å². The number of carbonyl (C=O) groups is 1. The van der Waals surface area contributed by atoms with Crippen molar-refractivity contribution in [3.05, 3.63) is 12.2 Å². The van der Waals surface area contributed by atoms with Gasteiger partial charge in [-0.3, -0.25) is 0 Å². The van der Waals surface area contributed by atoms with Crippen molar-refractivity contribution >= 4 is 45.2 Å². The van der Waals surface area contributed by atoms with Gasteiger partial charge in [-0.25, -0.2) is 4.79 Å². The Kier molecular flexibility index (Phi) is 13.1. The lowest BCUT2D eigenvalue weighted by atomic mass is 10.1. The molecular formula is C14H25Cl2O3PS. The van der Waals surface area contributed by atoms with E-state index in [9.17, 15) is 4.79 Å². The van der Waals surface area contributed by atoms with Crippen LogP contribution in [0.2, 0.25) is 0 Å². The standard InChI is InChI=1S/C14H25Cl2O3PS/c1-13(2)14(17)18-11-9-7-5-3-4-6-8-10-12-19-20(15,16)21/h1,3-12H2,2H3. The molecule has 0 aliphatic heterocycles. The summed E-state index contributed by atoms with van der Waals surface area (Å²) < 4.78 is 10.2. The average Bonchev–Trinajstić information content (AvgIpc) is 2.38. The Morgan fingerprint density at radius 2 is 1.43 bits per heavy atom. The molecule has 0 radical (unpaired) electrons. The number of esters is 1. The molecule has 0 heterocycles. The van der Waals surface area contributed by atoms with Crippen LogP contribution >= 0.6 is 27.5 Å². The van der Waals surface area contributed by atoms with E-state index in [1.807, 2.05) is 0 Å². The second-order valence-electron chi connectivity index (χ2n) is 4.99. The van der Waals surface area contributed by atoms with E-state index in [2.05, 4.69) is 6.58 Å². The summed E-state index contributed by atoms with van der Waals surface area (Å²) in [6.07, 6.45) is 8.84. The Hall–Kier alpha value is 0.400. The van der Waals surface area contributed by atoms with Crippen molar-refractivity contribution < 1.29 is 14.1 Å². The van der Waals surface area contributed by atoms with E-state index in [1.54, 1.807) is 6.92 Å². The summed E-state index contributed by atoms with van der Waals surface area (Å²) in [5.41, 5.74) is 0.456. The lowest BCUT2D eigenvalue weighted by molar-refractivity contribution is -0.139. The van der Waals surface area contributed by atoms with Gasteiger partial charge in [0.1, 0.15) is 0 Å². The molecule has 0 bridgehead atoms. The molecule has 3 nitrogen and oxygen atoms in total. The minimum atomic E-state index is -2.52. The van der Waals surface area contributed by atoms with E-state index in [0.717, 1.165) is 25.7 Å². The summed E-state index contributed by atoms with van der Waals surface area (Å²) in [5.74, 6) is -0.295. The molecule has 0 aliphatic carbocycles. The first-order chi connectivity index (χ1) is 9.83. The van der Waals surface area contributed by atoms with Crippen LogP contribution in [0.1, 0.15) is 58.3 Å². The third kappa shape index (κ3) is 16.6. The molecule has 0 atom stereocenters. The zero-order valence-electron chi connectivity index (χ0n) is 12.6. The molecule has 7 heteroatoms. The number of carbonyl (C=O) groups excluding carboxylic acids is 1. The van der Waals surface area contributed by atoms with Crippen molar-refractivity contribution in [2.75, 3.05) is 13.2 Å². The zero-order valence-corrected chi connectivity index (χ0v) is 15.8. The number of ether oxygens (including phenoxy) is 1. The van der Waals surface area contributed by atoms with Crippen molar-refractivity contribution in [2.45, 2.75) is 58.3 Å². The van der Waals surface area contributed by atoms with E-state index in [0.29, 0.717) is 18.8 Å². The van der Waals surface area contributed by atoms with Crippen LogP contribution in [-0.2, 0) is 25.9 Å². The first kappa shape index (κ1) is 21.4. The largest absolute Gasteiger partial charge is 0.462 e. The molecule has 0 unspecified atom stereocenters. The Labute approximate surface area is 143 Å². The molecule has 0 saturated carbocycles. The first-order valence-corrected chi connectivity index (χ1v) is 11.8. The molecule has 21 heavy (non-hydrogen) atoms. The van der Waals surface area contributed by atoms with Crippen LogP contribution < -0.4 is 0 Å². The molecule has 0 aromatic rings. The van der Waals surface area contributed by atoms with Crippen LogP contribution in [0.3, 0.4) is 0 Å². The Balaban J connectivity index is 3.18. The summed E-state index contributed by atoms with van der Waals surface area (Å²) in [5, 5.41) is 0. The van der Waals surface area contributed by atoms with Gasteiger partial charge in [-0.2, -0.15) is 0 Å². The van der Waals surface area contributed by atoms with Crippen molar-refractivity contribution in [1.82, 2.24) is 0 Å². The second-order valence-corrected chi connectivity index (χ2v) is 12.2. The molecule has 0 aliphatic rings. The number of unbranched alkanes of at least 4 members (excludes halogenated alkanes) is 7. The smallest absolute Gasteiger partial charge is 0.333 e. The Bertz CT molecular complexity index is 358. The highest BCUT2D eigenvalue weighted by Crippen LogP contribution is 2.58. The summed E-state index contributed by atoms with van der Waals surface area (Å²) in [4.78, 5) is 8.59. The molecule has 0 amide bonds. The lowest BCUT2D eigenvalue weighted by Crippen LogP contribution is -2.05. The molecule has 0 fully saturated rings. The van der Waals surface area contributed by atoms with Gasteiger partial charge >= 0.3 is 5.97 Å². The summed E-state index contributed by atoms with van der Waals surface area (Å²) in [6.45, 7) is 6.24. The zero-order chi connectivity index (χ0) is 16.1. The van der Waals surface area contributed by atoms with Crippen molar-refractivity contribution in [3.63, 3.8) is 0 Å². The van der Waals surface area contributed by atoms with E-state index < -0.39 is 4.97 Å². The predicted molar refractivity (Wildman–Crippen MR) is 94.7 cm³/mol. The average molecular weight is 375 g/mol. The van der Waals surface area contributed by atoms with Gasteiger partial charge in [0.2, 0.25) is 4.97 Å². The quantitative estimate of drug-likeness (QED) is 0.173. The summed E-state index contributed by atoms with van der Waals surface area (Å²) in [6, 6.07) is 0. The number of rotatable bonds is 13. The van der Waals surface area contributed by atoms with Gasteiger partial charge in [-0.05, 0) is 54.1 Å². The van der Waals surface area contributed by atoms with Gasteiger partial charge in [0.25, 0.3) is 0 Å². The van der Waals surface area contributed by atoms with Gasteiger partial charge in [-0.1, -0.05) is 45.1 Å². The molecule has 0 aromatic carbocycles. The predicted octanol–water partition coefficient (Wildman–Crippen LogP) is 5.95. The van der Waals surface area contributed by atoms with Crippen LogP contribution in [0.25, 0.3) is 0 Å². The topological polar surface area (TPSA) is 35.5 Å². The fraction of sp³-hybridized carbons (Fsp3) is 0.786. The lowest BCUT2D eigenvalue weighted by Gasteiger charge is -2.06. The van der Waals surface area contributed by atoms with Crippen molar-refractivity contribution in [2.24, 2.45) is 0 Å².